The summed E-state index contributed by atoms with van der Waals surface area (Å²) in [6.07, 6.45) is 0.00746. The lowest BCUT2D eigenvalue weighted by Gasteiger charge is -2.38. The van der Waals surface area contributed by atoms with Crippen LogP contribution in [0.5, 0.6) is 5.88 Å². The molecule has 0 unspecified atom stereocenters. The number of pyridine rings is 1. The van der Waals surface area contributed by atoms with Crippen LogP contribution in [0.1, 0.15) is 15.9 Å². The molecule has 0 aliphatic carbocycles. The van der Waals surface area contributed by atoms with Crippen molar-refractivity contribution >= 4 is 16.8 Å². The lowest BCUT2D eigenvalue weighted by Crippen LogP contribution is -2.56. The van der Waals surface area contributed by atoms with Gasteiger partial charge in [-0.1, -0.05) is 35.9 Å². The number of para-hydroxylation sites is 1. The summed E-state index contributed by atoms with van der Waals surface area (Å²) < 4.78 is 5.89. The van der Waals surface area contributed by atoms with Crippen LogP contribution in [0.25, 0.3) is 10.9 Å². The van der Waals surface area contributed by atoms with E-state index in [4.69, 9.17) is 4.74 Å². The molecule has 4 heteroatoms. The van der Waals surface area contributed by atoms with Crippen molar-refractivity contribution in [3.05, 3.63) is 71.8 Å². The van der Waals surface area contributed by atoms with Gasteiger partial charge in [0, 0.05) is 17.0 Å². The van der Waals surface area contributed by atoms with Gasteiger partial charge in [0.25, 0.3) is 5.91 Å². The molecule has 0 spiro atoms. The number of carbonyl (C=O) groups is 1. The molecule has 0 saturated carbocycles. The van der Waals surface area contributed by atoms with Gasteiger partial charge >= 0.3 is 0 Å². The molecule has 2 heterocycles. The third kappa shape index (κ3) is 2.83. The van der Waals surface area contributed by atoms with Crippen LogP contribution in [-0.2, 0) is 0 Å². The zero-order chi connectivity index (χ0) is 16.5. The number of ether oxygens (including phenoxy) is 1. The van der Waals surface area contributed by atoms with Crippen molar-refractivity contribution in [3.63, 3.8) is 0 Å². The second kappa shape index (κ2) is 5.96. The number of benzene rings is 2. The van der Waals surface area contributed by atoms with E-state index in [0.717, 1.165) is 22.0 Å². The predicted molar refractivity (Wildman–Crippen MR) is 93.2 cm³/mol. The van der Waals surface area contributed by atoms with E-state index in [2.05, 4.69) is 4.98 Å². The smallest absolute Gasteiger partial charge is 0.254 e. The van der Waals surface area contributed by atoms with Crippen molar-refractivity contribution in [2.45, 2.75) is 13.0 Å². The van der Waals surface area contributed by atoms with Gasteiger partial charge in [-0.25, -0.2) is 4.98 Å². The number of aryl methyl sites for hydroxylation is 1. The van der Waals surface area contributed by atoms with Crippen LogP contribution in [0, 0.1) is 6.92 Å². The van der Waals surface area contributed by atoms with Gasteiger partial charge in [0.1, 0.15) is 6.10 Å². The van der Waals surface area contributed by atoms with Gasteiger partial charge in [-0.2, -0.15) is 0 Å². The highest BCUT2D eigenvalue weighted by molar-refractivity contribution is 5.94. The molecule has 4 nitrogen and oxygen atoms in total. The molecule has 0 N–H and O–H groups in total. The Labute approximate surface area is 140 Å². The summed E-state index contributed by atoms with van der Waals surface area (Å²) >= 11 is 0. The zero-order valence-corrected chi connectivity index (χ0v) is 13.5. The van der Waals surface area contributed by atoms with Crippen LogP contribution in [0.15, 0.2) is 60.7 Å². The van der Waals surface area contributed by atoms with Gasteiger partial charge in [-0.3, -0.25) is 4.79 Å². The summed E-state index contributed by atoms with van der Waals surface area (Å²) in [4.78, 5) is 18.7. The van der Waals surface area contributed by atoms with Crippen LogP contribution < -0.4 is 4.74 Å². The summed E-state index contributed by atoms with van der Waals surface area (Å²) in [5, 5.41) is 1.09. The van der Waals surface area contributed by atoms with E-state index in [1.54, 1.807) is 4.90 Å². The first-order valence-electron chi connectivity index (χ1n) is 8.07. The van der Waals surface area contributed by atoms with Gasteiger partial charge in [0.15, 0.2) is 0 Å². The number of rotatable bonds is 3. The molecule has 0 bridgehead atoms. The highest BCUT2D eigenvalue weighted by Gasteiger charge is 2.33. The Morgan fingerprint density at radius 2 is 1.79 bits per heavy atom. The van der Waals surface area contributed by atoms with Crippen molar-refractivity contribution in [3.8, 4) is 5.88 Å². The molecule has 4 rings (SSSR count). The SMILES string of the molecule is Cc1ccc(C(=O)N2CC(Oc3ccc4ccccc4n3)C2)cc1. The minimum Gasteiger partial charge on any atom is -0.471 e. The van der Waals surface area contributed by atoms with Gasteiger partial charge in [0.2, 0.25) is 5.88 Å². The maximum Gasteiger partial charge on any atom is 0.254 e. The Bertz CT molecular complexity index is 884. The van der Waals surface area contributed by atoms with Crippen molar-refractivity contribution in [1.82, 2.24) is 9.88 Å². The molecular weight excluding hydrogens is 300 g/mol. The number of carbonyl (C=O) groups excluding carboxylic acids is 1. The lowest BCUT2D eigenvalue weighted by atomic mass is 10.1. The van der Waals surface area contributed by atoms with Crippen LogP contribution in [0.2, 0.25) is 0 Å². The number of hydrogen-bond acceptors (Lipinski definition) is 3. The summed E-state index contributed by atoms with van der Waals surface area (Å²) in [6.45, 7) is 3.21. The maximum absolute atomic E-state index is 12.4. The van der Waals surface area contributed by atoms with Gasteiger partial charge in [-0.15, -0.1) is 0 Å². The normalized spacial score (nSPS) is 14.5. The lowest BCUT2D eigenvalue weighted by molar-refractivity contribution is 0.0161. The van der Waals surface area contributed by atoms with Crippen LogP contribution in [-0.4, -0.2) is 35.0 Å². The molecule has 0 atom stereocenters. The third-order valence-electron chi connectivity index (χ3n) is 4.29. The van der Waals surface area contributed by atoms with Gasteiger partial charge in [0.05, 0.1) is 18.6 Å². The monoisotopic (exact) mass is 318 g/mol. The maximum atomic E-state index is 12.4. The standard InChI is InChI=1S/C20H18N2O2/c1-14-6-8-16(9-7-14)20(23)22-12-17(13-22)24-19-11-10-15-4-2-3-5-18(15)21-19/h2-11,17H,12-13H2,1H3. The van der Waals surface area contributed by atoms with E-state index in [-0.39, 0.29) is 12.0 Å². The van der Waals surface area contributed by atoms with Crippen LogP contribution >= 0.6 is 0 Å². The molecular formula is C20H18N2O2. The van der Waals surface area contributed by atoms with E-state index in [9.17, 15) is 4.79 Å². The first-order valence-corrected chi connectivity index (χ1v) is 8.07. The fourth-order valence-electron chi connectivity index (χ4n) is 2.84. The number of fused-ring (bicyclic) bond motifs is 1. The number of aromatic nitrogens is 1. The molecule has 1 fully saturated rings. The molecule has 120 valence electrons. The average molecular weight is 318 g/mol. The summed E-state index contributed by atoms with van der Waals surface area (Å²) in [5.74, 6) is 0.669. The first-order chi connectivity index (χ1) is 11.7. The fraction of sp³-hybridized carbons (Fsp3) is 0.200. The average Bonchev–Trinajstić information content (AvgIpc) is 2.58. The molecule has 1 aliphatic rings. The number of hydrogen-bond donors (Lipinski definition) is 0. The van der Waals surface area contributed by atoms with Crippen LogP contribution in [0.3, 0.4) is 0 Å². The molecule has 1 saturated heterocycles. The second-order valence-electron chi connectivity index (χ2n) is 6.16. The molecule has 2 aromatic carbocycles. The van der Waals surface area contributed by atoms with Crippen molar-refractivity contribution < 1.29 is 9.53 Å². The largest absolute Gasteiger partial charge is 0.471 e. The Morgan fingerprint density at radius 3 is 2.58 bits per heavy atom. The minimum absolute atomic E-state index is 0.00746. The highest BCUT2D eigenvalue weighted by Crippen LogP contribution is 2.21. The van der Waals surface area contributed by atoms with Crippen LogP contribution in [0.4, 0.5) is 0 Å². The van der Waals surface area contributed by atoms with E-state index < -0.39 is 0 Å². The molecule has 1 aromatic heterocycles. The topological polar surface area (TPSA) is 42.4 Å². The third-order valence-corrected chi connectivity index (χ3v) is 4.29. The van der Waals surface area contributed by atoms with E-state index in [1.807, 2.05) is 67.6 Å². The van der Waals surface area contributed by atoms with E-state index >= 15 is 0 Å². The summed E-state index contributed by atoms with van der Waals surface area (Å²) in [6, 6.07) is 19.5. The molecule has 24 heavy (non-hydrogen) atoms. The predicted octanol–water partition coefficient (Wildman–Crippen LogP) is 3.45. The van der Waals surface area contributed by atoms with Crippen molar-refractivity contribution in [2.75, 3.05) is 13.1 Å². The molecule has 1 aliphatic heterocycles. The van der Waals surface area contributed by atoms with E-state index in [0.29, 0.717) is 19.0 Å². The Morgan fingerprint density at radius 1 is 1.04 bits per heavy atom. The zero-order valence-electron chi connectivity index (χ0n) is 13.5. The minimum atomic E-state index is 0.00746. The number of amides is 1. The summed E-state index contributed by atoms with van der Waals surface area (Å²) in [7, 11) is 0. The van der Waals surface area contributed by atoms with Crippen molar-refractivity contribution in [2.24, 2.45) is 0 Å². The molecule has 3 aromatic rings. The number of likely N-dealkylation sites (tertiary alicyclic amines) is 1. The molecule has 0 radical (unpaired) electrons. The summed E-state index contributed by atoms with van der Waals surface area (Å²) in [5.41, 5.74) is 2.79. The molecule has 1 amide bonds. The highest BCUT2D eigenvalue weighted by atomic mass is 16.5. The van der Waals surface area contributed by atoms with Gasteiger partial charge in [-0.05, 0) is 31.2 Å². The fourth-order valence-corrected chi connectivity index (χ4v) is 2.84. The second-order valence-corrected chi connectivity index (χ2v) is 6.16. The quantitative estimate of drug-likeness (QED) is 0.743. The Balaban J connectivity index is 1.38. The van der Waals surface area contributed by atoms with Gasteiger partial charge < -0.3 is 9.64 Å². The number of nitrogens with zero attached hydrogens (tertiary/aromatic N) is 2. The van der Waals surface area contributed by atoms with E-state index in [1.165, 1.54) is 0 Å². The van der Waals surface area contributed by atoms with Crippen molar-refractivity contribution in [1.29, 1.82) is 0 Å². The first kappa shape index (κ1) is 14.7. The Hall–Kier alpha value is -2.88. The Kier molecular flexibility index (Phi) is 3.65.